The number of aromatic nitrogens is 3. The van der Waals surface area contributed by atoms with Crippen LogP contribution in [0.5, 0.6) is 0 Å². The van der Waals surface area contributed by atoms with Gasteiger partial charge in [-0.05, 0) is 59.6 Å². The minimum Gasteiger partial charge on any atom is -0.460 e. The summed E-state index contributed by atoms with van der Waals surface area (Å²) >= 11 is 5.92. The first-order valence-corrected chi connectivity index (χ1v) is 9.30. The molecule has 27 heavy (non-hydrogen) atoms. The summed E-state index contributed by atoms with van der Waals surface area (Å²) in [7, 11) is 0. The van der Waals surface area contributed by atoms with Gasteiger partial charge in [0.2, 0.25) is 11.2 Å². The molecule has 9 heteroatoms. The molecule has 0 saturated heterocycles. The summed E-state index contributed by atoms with van der Waals surface area (Å²) in [6.45, 7) is 11.2. The summed E-state index contributed by atoms with van der Waals surface area (Å²) in [5.74, 6) is 0.176. The van der Waals surface area contributed by atoms with E-state index in [1.165, 1.54) is 0 Å². The van der Waals surface area contributed by atoms with Crippen molar-refractivity contribution in [2.24, 2.45) is 0 Å². The second-order valence-electron chi connectivity index (χ2n) is 8.05. The Bertz CT molecular complexity index is 601. The largest absolute Gasteiger partial charge is 0.460 e. The van der Waals surface area contributed by atoms with Crippen LogP contribution in [0, 0.1) is 0 Å². The van der Waals surface area contributed by atoms with Crippen LogP contribution in [0.2, 0.25) is 5.28 Å². The lowest BCUT2D eigenvalue weighted by Crippen LogP contribution is -2.25. The normalized spacial score (nSPS) is 11.8. The average Bonchev–Trinajstić information content (AvgIpc) is 2.42. The molecule has 0 fully saturated rings. The summed E-state index contributed by atoms with van der Waals surface area (Å²) in [6.07, 6.45) is 1.44. The summed E-state index contributed by atoms with van der Waals surface area (Å²) in [5.41, 5.74) is -1.02. The summed E-state index contributed by atoms with van der Waals surface area (Å²) in [5, 5.41) is 2.99. The molecular formula is C18H29ClN4O4. The topological polar surface area (TPSA) is 103 Å². The van der Waals surface area contributed by atoms with Crippen LogP contribution in [-0.2, 0) is 25.5 Å². The van der Waals surface area contributed by atoms with Crippen LogP contribution in [0.4, 0.5) is 5.95 Å². The van der Waals surface area contributed by atoms with Crippen molar-refractivity contribution in [3.05, 3.63) is 11.1 Å². The van der Waals surface area contributed by atoms with E-state index in [4.69, 9.17) is 21.1 Å². The molecule has 8 nitrogen and oxygen atoms in total. The zero-order valence-electron chi connectivity index (χ0n) is 16.9. The van der Waals surface area contributed by atoms with E-state index in [0.29, 0.717) is 25.2 Å². The second-order valence-corrected chi connectivity index (χ2v) is 8.39. The molecule has 1 aromatic rings. The minimum atomic E-state index is -0.519. The molecule has 0 bridgehead atoms. The highest BCUT2D eigenvalue weighted by atomic mass is 35.5. The molecule has 0 aliphatic heterocycles. The number of carbonyl (C=O) groups excluding carboxylic acids is 2. The fraction of sp³-hybridized carbons (Fsp3) is 0.722. The van der Waals surface area contributed by atoms with E-state index in [0.717, 1.165) is 0 Å². The molecular weight excluding hydrogens is 372 g/mol. The molecule has 152 valence electrons. The van der Waals surface area contributed by atoms with Crippen molar-refractivity contribution in [1.82, 2.24) is 15.0 Å². The Morgan fingerprint density at radius 3 is 2.04 bits per heavy atom. The first-order chi connectivity index (χ1) is 12.3. The van der Waals surface area contributed by atoms with Crippen molar-refractivity contribution >= 4 is 29.5 Å². The third-order valence-electron chi connectivity index (χ3n) is 2.89. The monoisotopic (exact) mass is 400 g/mol. The number of nitrogens with one attached hydrogen (secondary N) is 1. The van der Waals surface area contributed by atoms with E-state index in [1.54, 1.807) is 0 Å². The van der Waals surface area contributed by atoms with Crippen LogP contribution in [0.3, 0.4) is 0 Å². The van der Waals surface area contributed by atoms with Crippen LogP contribution in [0.25, 0.3) is 0 Å². The lowest BCUT2D eigenvalue weighted by Gasteiger charge is -2.19. The van der Waals surface area contributed by atoms with Crippen LogP contribution in [0.15, 0.2) is 0 Å². The summed E-state index contributed by atoms with van der Waals surface area (Å²) in [6, 6.07) is 0. The number of anilines is 1. The molecule has 0 aliphatic rings. The first-order valence-electron chi connectivity index (χ1n) is 8.92. The average molecular weight is 401 g/mol. The van der Waals surface area contributed by atoms with Gasteiger partial charge in [0.15, 0.2) is 0 Å². The van der Waals surface area contributed by atoms with Gasteiger partial charge in [-0.15, -0.1) is 0 Å². The lowest BCUT2D eigenvalue weighted by molar-refractivity contribution is -0.155. The summed E-state index contributed by atoms with van der Waals surface area (Å²) < 4.78 is 10.5. The maximum Gasteiger partial charge on any atom is 0.308 e. The number of hydrogen-bond donors (Lipinski definition) is 1. The third-order valence-corrected chi connectivity index (χ3v) is 3.06. The molecule has 0 amide bonds. The maximum atomic E-state index is 11.7. The molecule has 1 N–H and O–H groups in total. The Hall–Kier alpha value is -1.96. The lowest BCUT2D eigenvalue weighted by atomic mass is 10.2. The van der Waals surface area contributed by atoms with Gasteiger partial charge < -0.3 is 14.8 Å². The number of ether oxygens (including phenoxy) is 2. The first kappa shape index (κ1) is 23.1. The van der Waals surface area contributed by atoms with Crippen molar-refractivity contribution in [3.63, 3.8) is 0 Å². The molecule has 0 aromatic carbocycles. The Morgan fingerprint density at radius 2 is 1.48 bits per heavy atom. The zero-order valence-corrected chi connectivity index (χ0v) is 17.6. The molecule has 1 heterocycles. The smallest absolute Gasteiger partial charge is 0.308 e. The van der Waals surface area contributed by atoms with Gasteiger partial charge in [-0.3, -0.25) is 9.59 Å². The Labute approximate surface area is 165 Å². The van der Waals surface area contributed by atoms with Crippen LogP contribution < -0.4 is 5.32 Å². The Kier molecular flexibility index (Phi) is 8.40. The molecule has 0 radical (unpaired) electrons. The van der Waals surface area contributed by atoms with Crippen molar-refractivity contribution in [1.29, 1.82) is 0 Å². The highest BCUT2D eigenvalue weighted by Crippen LogP contribution is 2.12. The van der Waals surface area contributed by atoms with Crippen LogP contribution >= 0.6 is 11.6 Å². The van der Waals surface area contributed by atoms with E-state index in [9.17, 15) is 9.59 Å². The van der Waals surface area contributed by atoms with Crippen molar-refractivity contribution in [3.8, 4) is 0 Å². The van der Waals surface area contributed by atoms with Gasteiger partial charge in [0.1, 0.15) is 17.0 Å². The van der Waals surface area contributed by atoms with Gasteiger partial charge in [-0.2, -0.15) is 9.97 Å². The summed E-state index contributed by atoms with van der Waals surface area (Å²) in [4.78, 5) is 35.7. The van der Waals surface area contributed by atoms with E-state index in [-0.39, 0.29) is 36.0 Å². The fourth-order valence-electron chi connectivity index (χ4n) is 2.03. The van der Waals surface area contributed by atoms with E-state index in [1.807, 2.05) is 41.5 Å². The zero-order chi connectivity index (χ0) is 20.7. The maximum absolute atomic E-state index is 11.7. The van der Waals surface area contributed by atoms with Crippen molar-refractivity contribution in [2.75, 3.05) is 11.9 Å². The van der Waals surface area contributed by atoms with Gasteiger partial charge in [-0.25, -0.2) is 4.98 Å². The number of carbonyl (C=O) groups is 2. The third kappa shape index (κ3) is 11.4. The number of esters is 2. The minimum absolute atomic E-state index is 0.0528. The predicted molar refractivity (Wildman–Crippen MR) is 103 cm³/mol. The second kappa shape index (κ2) is 9.82. The highest BCUT2D eigenvalue weighted by Gasteiger charge is 2.17. The van der Waals surface area contributed by atoms with Gasteiger partial charge in [0, 0.05) is 19.4 Å². The van der Waals surface area contributed by atoms with Gasteiger partial charge in [0.05, 0.1) is 6.42 Å². The molecule has 0 atom stereocenters. The van der Waals surface area contributed by atoms with Crippen LogP contribution in [-0.4, -0.2) is 44.6 Å². The predicted octanol–water partition coefficient (Wildman–Crippen LogP) is 3.33. The number of halogens is 1. The Morgan fingerprint density at radius 1 is 0.926 bits per heavy atom. The molecule has 0 spiro atoms. The van der Waals surface area contributed by atoms with Gasteiger partial charge >= 0.3 is 11.9 Å². The van der Waals surface area contributed by atoms with Crippen molar-refractivity contribution < 1.29 is 19.1 Å². The van der Waals surface area contributed by atoms with Gasteiger partial charge in [0.25, 0.3) is 0 Å². The van der Waals surface area contributed by atoms with Crippen molar-refractivity contribution in [2.45, 2.75) is 78.4 Å². The van der Waals surface area contributed by atoms with Gasteiger partial charge in [-0.1, -0.05) is 0 Å². The number of hydrogen-bond acceptors (Lipinski definition) is 8. The molecule has 1 rings (SSSR count). The molecule has 1 aromatic heterocycles. The van der Waals surface area contributed by atoms with Crippen LogP contribution in [0.1, 0.15) is 66.6 Å². The Balaban J connectivity index is 2.47. The molecule has 0 aliphatic carbocycles. The van der Waals surface area contributed by atoms with E-state index in [2.05, 4.69) is 20.3 Å². The standard InChI is InChI=1S/C18H29ClN4O4/c1-17(2,3)26-13(24)9-7-8-12-21-15(19)23-16(22-12)20-11-10-14(25)27-18(4,5)6/h7-11H2,1-6H3,(H,20,21,22,23). The molecule has 0 saturated carbocycles. The number of rotatable bonds is 8. The van der Waals surface area contributed by atoms with E-state index >= 15 is 0 Å². The quantitative estimate of drug-likeness (QED) is 0.662. The number of nitrogens with zero attached hydrogens (tertiary/aromatic N) is 3. The highest BCUT2D eigenvalue weighted by molar-refractivity contribution is 6.28. The van der Waals surface area contributed by atoms with E-state index < -0.39 is 11.2 Å². The number of aryl methyl sites for hydroxylation is 1. The SMILES string of the molecule is CC(C)(C)OC(=O)CCCc1nc(Cl)nc(NCCC(=O)OC(C)(C)C)n1. The molecule has 0 unspecified atom stereocenters. The fourth-order valence-corrected chi connectivity index (χ4v) is 2.21.